The second-order valence-corrected chi connectivity index (χ2v) is 6.70. The second kappa shape index (κ2) is 8.56. The van der Waals surface area contributed by atoms with E-state index in [1.54, 1.807) is 30.3 Å². The second-order valence-electron chi connectivity index (χ2n) is 6.70. The Labute approximate surface area is 180 Å². The first-order valence-corrected chi connectivity index (χ1v) is 9.35. The number of rotatable bonds is 5. The van der Waals surface area contributed by atoms with Crippen molar-refractivity contribution in [3.05, 3.63) is 71.7 Å². The number of methoxy groups -OCH3 is 1. The van der Waals surface area contributed by atoms with Gasteiger partial charge in [0.2, 0.25) is 0 Å². The molecule has 3 heterocycles. The molecular weight excluding hydrogens is 421 g/mol. The number of fused-ring (bicyclic) bond motifs is 1. The summed E-state index contributed by atoms with van der Waals surface area (Å²) >= 11 is 0. The van der Waals surface area contributed by atoms with Gasteiger partial charge in [-0.15, -0.1) is 0 Å². The molecule has 4 rings (SSSR count). The molecule has 0 atom stereocenters. The van der Waals surface area contributed by atoms with E-state index < -0.39 is 11.7 Å². The van der Waals surface area contributed by atoms with Crippen molar-refractivity contribution >= 4 is 22.5 Å². The van der Waals surface area contributed by atoms with E-state index in [9.17, 15) is 13.2 Å². The van der Waals surface area contributed by atoms with E-state index in [2.05, 4.69) is 25.3 Å². The lowest BCUT2D eigenvalue weighted by molar-refractivity contribution is -0.137. The fraction of sp³-hybridized carbons (Fsp3) is 0.136. The van der Waals surface area contributed by atoms with E-state index in [1.807, 2.05) is 6.07 Å². The summed E-state index contributed by atoms with van der Waals surface area (Å²) in [6, 6.07) is 14.0. The van der Waals surface area contributed by atoms with Gasteiger partial charge in [-0.3, -0.25) is 4.98 Å². The quantitative estimate of drug-likeness (QED) is 0.477. The molecule has 10 heteroatoms. The van der Waals surface area contributed by atoms with Gasteiger partial charge >= 0.3 is 6.18 Å². The highest BCUT2D eigenvalue weighted by atomic mass is 19.4. The van der Waals surface area contributed by atoms with E-state index in [-0.39, 0.29) is 23.6 Å². The van der Waals surface area contributed by atoms with Crippen LogP contribution in [0.15, 0.2) is 54.7 Å². The number of alkyl halides is 3. The first-order valence-electron chi connectivity index (χ1n) is 9.35. The molecule has 1 N–H and O–H groups in total. The molecule has 0 unspecified atom stereocenters. The molecule has 7 nitrogen and oxygen atoms in total. The maximum atomic E-state index is 13.4. The molecule has 3 aromatic heterocycles. The predicted octanol–water partition coefficient (Wildman–Crippen LogP) is 4.87. The minimum atomic E-state index is -4.57. The standard InChI is InChI=1S/C22H15F3N6O/c1-32-12-18-30-20(28-14-6-4-13(11-26)5-7-14)15-8-9-17(29-21(15)31-18)19-16(22(23,24)25)3-2-10-27-19/h2-10H,12H2,1H3,(H,28,29,30,31). The summed E-state index contributed by atoms with van der Waals surface area (Å²) in [4.78, 5) is 17.0. The number of aromatic nitrogens is 4. The number of halogens is 3. The largest absolute Gasteiger partial charge is 0.418 e. The van der Waals surface area contributed by atoms with Crippen molar-refractivity contribution in [3.63, 3.8) is 0 Å². The van der Waals surface area contributed by atoms with Gasteiger partial charge in [-0.2, -0.15) is 18.4 Å². The summed E-state index contributed by atoms with van der Waals surface area (Å²) in [6.45, 7) is 0.0846. The van der Waals surface area contributed by atoms with Crippen molar-refractivity contribution in [1.82, 2.24) is 19.9 Å². The van der Waals surface area contributed by atoms with Crippen molar-refractivity contribution < 1.29 is 17.9 Å². The number of benzene rings is 1. The van der Waals surface area contributed by atoms with E-state index in [0.717, 1.165) is 6.07 Å². The number of nitriles is 1. The molecule has 0 radical (unpaired) electrons. The van der Waals surface area contributed by atoms with Gasteiger partial charge in [-0.1, -0.05) is 0 Å². The number of pyridine rings is 2. The molecule has 0 saturated heterocycles. The van der Waals surface area contributed by atoms with Crippen molar-refractivity contribution in [3.8, 4) is 17.5 Å². The highest BCUT2D eigenvalue weighted by molar-refractivity contribution is 5.90. The zero-order valence-electron chi connectivity index (χ0n) is 16.7. The first kappa shape index (κ1) is 21.1. The average Bonchev–Trinajstić information content (AvgIpc) is 2.79. The molecule has 0 aliphatic rings. The topological polar surface area (TPSA) is 96.6 Å². The van der Waals surface area contributed by atoms with Gasteiger partial charge in [0.05, 0.1) is 28.3 Å². The summed E-state index contributed by atoms with van der Waals surface area (Å²) in [5.74, 6) is 0.709. The van der Waals surface area contributed by atoms with Crippen LogP contribution in [0.2, 0.25) is 0 Å². The zero-order chi connectivity index (χ0) is 22.7. The third-order valence-corrected chi connectivity index (χ3v) is 4.51. The fourth-order valence-corrected chi connectivity index (χ4v) is 3.08. The van der Waals surface area contributed by atoms with Gasteiger partial charge < -0.3 is 10.1 Å². The Hall–Kier alpha value is -4.10. The van der Waals surface area contributed by atoms with Crippen LogP contribution >= 0.6 is 0 Å². The number of anilines is 2. The fourth-order valence-electron chi connectivity index (χ4n) is 3.08. The summed E-state index contributed by atoms with van der Waals surface area (Å²) in [6.07, 6.45) is -3.29. The normalized spacial score (nSPS) is 11.3. The lowest BCUT2D eigenvalue weighted by Gasteiger charge is -2.13. The smallest absolute Gasteiger partial charge is 0.377 e. The molecule has 0 saturated carbocycles. The predicted molar refractivity (Wildman–Crippen MR) is 111 cm³/mol. The van der Waals surface area contributed by atoms with E-state index in [0.29, 0.717) is 28.3 Å². The molecule has 0 spiro atoms. The highest BCUT2D eigenvalue weighted by Crippen LogP contribution is 2.35. The van der Waals surface area contributed by atoms with Crippen molar-refractivity contribution in [1.29, 1.82) is 5.26 Å². The van der Waals surface area contributed by atoms with Crippen molar-refractivity contribution in [2.45, 2.75) is 12.8 Å². The maximum absolute atomic E-state index is 13.4. The average molecular weight is 436 g/mol. The Morgan fingerprint density at radius 3 is 2.50 bits per heavy atom. The molecule has 1 aromatic carbocycles. The number of hydrogen-bond donors (Lipinski definition) is 1. The molecule has 160 valence electrons. The van der Waals surface area contributed by atoms with Gasteiger partial charge in [-0.25, -0.2) is 15.0 Å². The van der Waals surface area contributed by atoms with Crippen LogP contribution in [-0.4, -0.2) is 27.0 Å². The number of hydrogen-bond acceptors (Lipinski definition) is 7. The monoisotopic (exact) mass is 436 g/mol. The molecule has 0 aliphatic carbocycles. The van der Waals surface area contributed by atoms with Crippen LogP contribution in [0, 0.1) is 11.3 Å². The van der Waals surface area contributed by atoms with Crippen LogP contribution in [0.5, 0.6) is 0 Å². The number of nitrogens with one attached hydrogen (secondary N) is 1. The summed E-state index contributed by atoms with van der Waals surface area (Å²) in [7, 11) is 1.48. The Kier molecular flexibility index (Phi) is 5.66. The molecule has 4 aromatic rings. The molecular formula is C22H15F3N6O. The SMILES string of the molecule is COCc1nc(Nc2ccc(C#N)cc2)c2ccc(-c3ncccc3C(F)(F)F)nc2n1. The Morgan fingerprint density at radius 2 is 1.81 bits per heavy atom. The third-order valence-electron chi connectivity index (χ3n) is 4.51. The Bertz CT molecular complexity index is 1320. The van der Waals surface area contributed by atoms with Crippen molar-refractivity contribution in [2.75, 3.05) is 12.4 Å². The Morgan fingerprint density at radius 1 is 1.03 bits per heavy atom. The minimum Gasteiger partial charge on any atom is -0.377 e. The van der Waals surface area contributed by atoms with Crippen molar-refractivity contribution in [2.24, 2.45) is 0 Å². The molecule has 0 amide bonds. The summed E-state index contributed by atoms with van der Waals surface area (Å²) < 4.78 is 45.4. The van der Waals surface area contributed by atoms with E-state index in [1.165, 1.54) is 25.4 Å². The Balaban J connectivity index is 1.82. The first-order chi connectivity index (χ1) is 15.4. The summed E-state index contributed by atoms with van der Waals surface area (Å²) in [5.41, 5.74) is 0.242. The van der Waals surface area contributed by atoms with Gasteiger partial charge in [-0.05, 0) is 48.5 Å². The van der Waals surface area contributed by atoms with Crippen LogP contribution in [0.25, 0.3) is 22.4 Å². The molecule has 32 heavy (non-hydrogen) atoms. The van der Waals surface area contributed by atoms with Crippen LogP contribution < -0.4 is 5.32 Å². The highest BCUT2D eigenvalue weighted by Gasteiger charge is 2.34. The third kappa shape index (κ3) is 4.33. The van der Waals surface area contributed by atoms with Gasteiger partial charge in [0.25, 0.3) is 0 Å². The number of ether oxygens (including phenoxy) is 1. The van der Waals surface area contributed by atoms with Crippen LogP contribution in [0.4, 0.5) is 24.7 Å². The molecule has 0 aliphatic heterocycles. The van der Waals surface area contributed by atoms with Gasteiger partial charge in [0.15, 0.2) is 11.5 Å². The minimum absolute atomic E-state index is 0.0387. The summed E-state index contributed by atoms with van der Waals surface area (Å²) in [5, 5.41) is 12.6. The lowest BCUT2D eigenvalue weighted by atomic mass is 10.1. The zero-order valence-corrected chi connectivity index (χ0v) is 16.7. The molecule has 0 bridgehead atoms. The van der Waals surface area contributed by atoms with Crippen LogP contribution in [-0.2, 0) is 17.5 Å². The van der Waals surface area contributed by atoms with E-state index in [4.69, 9.17) is 10.00 Å². The molecule has 0 fully saturated rings. The number of nitrogens with zero attached hydrogens (tertiary/aromatic N) is 5. The van der Waals surface area contributed by atoms with Gasteiger partial charge in [0, 0.05) is 19.0 Å². The van der Waals surface area contributed by atoms with Crippen LogP contribution in [0.1, 0.15) is 17.0 Å². The lowest BCUT2D eigenvalue weighted by Crippen LogP contribution is -2.09. The van der Waals surface area contributed by atoms with Gasteiger partial charge in [0.1, 0.15) is 18.1 Å². The maximum Gasteiger partial charge on any atom is 0.418 e. The van der Waals surface area contributed by atoms with E-state index >= 15 is 0 Å². The van der Waals surface area contributed by atoms with Crippen LogP contribution in [0.3, 0.4) is 0 Å².